The average Bonchev–Trinajstić information content (AvgIpc) is 3.06. The number of piperidine rings is 1. The van der Waals surface area contributed by atoms with Gasteiger partial charge in [-0.05, 0) is 32.1 Å². The predicted octanol–water partition coefficient (Wildman–Crippen LogP) is 1.30. The summed E-state index contributed by atoms with van der Waals surface area (Å²) in [6, 6.07) is 0. The molecule has 0 aromatic carbocycles. The van der Waals surface area contributed by atoms with Gasteiger partial charge in [-0.15, -0.1) is 0 Å². The van der Waals surface area contributed by atoms with E-state index in [0.29, 0.717) is 58.2 Å². The molecule has 0 saturated carbocycles. The first-order chi connectivity index (χ1) is 11.0. The summed E-state index contributed by atoms with van der Waals surface area (Å²) in [6.07, 6.45) is 1.52. The highest BCUT2D eigenvalue weighted by Crippen LogP contribution is 2.24. The number of amides is 1. The molecule has 2 aliphatic rings. The minimum atomic E-state index is -3.32. The second-order valence-electron chi connectivity index (χ2n) is 6.11. The zero-order valence-electron chi connectivity index (χ0n) is 14.1. The van der Waals surface area contributed by atoms with Crippen molar-refractivity contribution in [2.75, 3.05) is 46.0 Å². The van der Waals surface area contributed by atoms with Crippen LogP contribution < -0.4 is 0 Å². The zero-order chi connectivity index (χ0) is 16.9. The van der Waals surface area contributed by atoms with Crippen molar-refractivity contribution in [2.24, 2.45) is 5.92 Å². The number of ether oxygens (including phenoxy) is 2. The lowest BCUT2D eigenvalue weighted by Gasteiger charge is -2.34. The van der Waals surface area contributed by atoms with Gasteiger partial charge in [0.2, 0.25) is 10.0 Å². The van der Waals surface area contributed by atoms with E-state index >= 15 is 0 Å². The monoisotopic (exact) mass is 348 g/mol. The molecule has 2 saturated heterocycles. The molecule has 0 aromatic rings. The Hall–Kier alpha value is -0.860. The SMILES string of the molecule is CCOC(=O)N1CCC(S(=O)(=O)N(CC)C[C@H]2CCOC2)CC1. The summed E-state index contributed by atoms with van der Waals surface area (Å²) < 4.78 is 37.6. The molecule has 134 valence electrons. The summed E-state index contributed by atoms with van der Waals surface area (Å²) in [6.45, 7) is 7.24. The molecule has 0 N–H and O–H groups in total. The number of sulfonamides is 1. The topological polar surface area (TPSA) is 76.2 Å². The molecule has 0 aromatic heterocycles. The fraction of sp³-hybridized carbons (Fsp3) is 0.933. The molecule has 2 fully saturated rings. The van der Waals surface area contributed by atoms with Crippen LogP contribution in [0.25, 0.3) is 0 Å². The Kier molecular flexibility index (Phi) is 6.67. The van der Waals surface area contributed by atoms with E-state index in [0.717, 1.165) is 13.0 Å². The molecule has 1 atom stereocenters. The van der Waals surface area contributed by atoms with E-state index in [9.17, 15) is 13.2 Å². The lowest BCUT2D eigenvalue weighted by molar-refractivity contribution is 0.0997. The Morgan fingerprint density at radius 3 is 2.48 bits per heavy atom. The molecule has 8 heteroatoms. The van der Waals surface area contributed by atoms with Crippen LogP contribution >= 0.6 is 0 Å². The maximum Gasteiger partial charge on any atom is 0.409 e. The Bertz CT molecular complexity index is 482. The molecule has 2 rings (SSSR count). The molecular formula is C15H28N2O5S. The van der Waals surface area contributed by atoms with Crippen LogP contribution in [0.1, 0.15) is 33.1 Å². The van der Waals surface area contributed by atoms with Gasteiger partial charge in [-0.3, -0.25) is 0 Å². The highest BCUT2D eigenvalue weighted by Gasteiger charge is 2.36. The summed E-state index contributed by atoms with van der Waals surface area (Å²) in [5, 5.41) is -0.407. The first-order valence-electron chi connectivity index (χ1n) is 8.47. The third-order valence-corrected chi connectivity index (χ3v) is 7.03. The summed E-state index contributed by atoms with van der Waals surface area (Å²) in [7, 11) is -3.32. The molecule has 2 heterocycles. The molecular weight excluding hydrogens is 320 g/mol. The van der Waals surface area contributed by atoms with Crippen LogP contribution in [0.2, 0.25) is 0 Å². The molecule has 2 aliphatic heterocycles. The molecule has 0 aliphatic carbocycles. The van der Waals surface area contributed by atoms with Gasteiger partial charge in [0.25, 0.3) is 0 Å². The van der Waals surface area contributed by atoms with E-state index in [1.807, 2.05) is 6.92 Å². The number of hydrogen-bond donors (Lipinski definition) is 0. The number of rotatable bonds is 6. The lowest BCUT2D eigenvalue weighted by Crippen LogP contribution is -2.48. The Labute approximate surface area is 139 Å². The summed E-state index contributed by atoms with van der Waals surface area (Å²) in [5.74, 6) is 0.296. The van der Waals surface area contributed by atoms with Crippen molar-refractivity contribution >= 4 is 16.1 Å². The van der Waals surface area contributed by atoms with Crippen LogP contribution in [0.3, 0.4) is 0 Å². The van der Waals surface area contributed by atoms with E-state index in [4.69, 9.17) is 9.47 Å². The highest BCUT2D eigenvalue weighted by atomic mass is 32.2. The average molecular weight is 348 g/mol. The van der Waals surface area contributed by atoms with Crippen LogP contribution in [0.15, 0.2) is 0 Å². The molecule has 7 nitrogen and oxygen atoms in total. The minimum Gasteiger partial charge on any atom is -0.450 e. The lowest BCUT2D eigenvalue weighted by atomic mass is 10.1. The second kappa shape index (κ2) is 8.30. The van der Waals surface area contributed by atoms with Crippen molar-refractivity contribution in [3.8, 4) is 0 Å². The first-order valence-corrected chi connectivity index (χ1v) is 9.97. The quantitative estimate of drug-likeness (QED) is 0.723. The van der Waals surface area contributed by atoms with Gasteiger partial charge in [-0.1, -0.05) is 6.92 Å². The van der Waals surface area contributed by atoms with E-state index in [1.54, 1.807) is 16.1 Å². The van der Waals surface area contributed by atoms with Crippen LogP contribution in [0.4, 0.5) is 4.79 Å². The Morgan fingerprint density at radius 1 is 1.26 bits per heavy atom. The number of nitrogens with zero attached hydrogens (tertiary/aromatic N) is 2. The molecule has 1 amide bonds. The maximum absolute atomic E-state index is 12.9. The first kappa shape index (κ1) is 18.5. The third kappa shape index (κ3) is 4.58. The van der Waals surface area contributed by atoms with Gasteiger partial charge in [0.15, 0.2) is 0 Å². The number of carbonyl (C=O) groups excluding carboxylic acids is 1. The Morgan fingerprint density at radius 2 is 1.96 bits per heavy atom. The normalized spacial score (nSPS) is 23.4. The van der Waals surface area contributed by atoms with E-state index in [1.165, 1.54) is 0 Å². The molecule has 0 radical (unpaired) electrons. The molecule has 23 heavy (non-hydrogen) atoms. The van der Waals surface area contributed by atoms with Crippen LogP contribution in [-0.4, -0.2) is 75.0 Å². The zero-order valence-corrected chi connectivity index (χ0v) is 14.9. The van der Waals surface area contributed by atoms with Crippen molar-refractivity contribution in [1.29, 1.82) is 0 Å². The third-order valence-electron chi connectivity index (χ3n) is 4.59. The fourth-order valence-electron chi connectivity index (χ4n) is 3.19. The standard InChI is InChI=1S/C15H28N2O5S/c1-3-17(11-13-7-10-21-12-13)23(19,20)14-5-8-16(9-6-14)15(18)22-4-2/h13-14H,3-12H2,1-2H3/t13-/m1/s1. The van der Waals surface area contributed by atoms with Gasteiger partial charge < -0.3 is 14.4 Å². The van der Waals surface area contributed by atoms with Crippen molar-refractivity contribution in [3.63, 3.8) is 0 Å². The fourth-order valence-corrected chi connectivity index (χ4v) is 5.20. The van der Waals surface area contributed by atoms with Gasteiger partial charge in [-0.2, -0.15) is 0 Å². The van der Waals surface area contributed by atoms with Crippen molar-refractivity contribution in [3.05, 3.63) is 0 Å². The van der Waals surface area contributed by atoms with E-state index in [-0.39, 0.29) is 6.09 Å². The smallest absolute Gasteiger partial charge is 0.409 e. The Balaban J connectivity index is 1.92. The maximum atomic E-state index is 12.9. The van der Waals surface area contributed by atoms with Crippen molar-refractivity contribution in [1.82, 2.24) is 9.21 Å². The minimum absolute atomic E-state index is 0.296. The van der Waals surface area contributed by atoms with E-state index in [2.05, 4.69) is 0 Å². The van der Waals surface area contributed by atoms with Gasteiger partial charge in [-0.25, -0.2) is 17.5 Å². The molecule has 0 bridgehead atoms. The summed E-state index contributed by atoms with van der Waals surface area (Å²) in [4.78, 5) is 13.3. The van der Waals surface area contributed by atoms with Crippen LogP contribution in [-0.2, 0) is 19.5 Å². The van der Waals surface area contributed by atoms with Gasteiger partial charge in [0.1, 0.15) is 0 Å². The summed E-state index contributed by atoms with van der Waals surface area (Å²) >= 11 is 0. The van der Waals surface area contributed by atoms with E-state index < -0.39 is 15.3 Å². The summed E-state index contributed by atoms with van der Waals surface area (Å²) in [5.41, 5.74) is 0. The second-order valence-corrected chi connectivity index (χ2v) is 8.32. The molecule has 0 unspecified atom stereocenters. The van der Waals surface area contributed by atoms with Gasteiger partial charge in [0.05, 0.1) is 18.5 Å². The predicted molar refractivity (Wildman–Crippen MR) is 86.7 cm³/mol. The van der Waals surface area contributed by atoms with Gasteiger partial charge in [0, 0.05) is 32.8 Å². The number of hydrogen-bond acceptors (Lipinski definition) is 5. The van der Waals surface area contributed by atoms with Crippen LogP contribution in [0.5, 0.6) is 0 Å². The van der Waals surface area contributed by atoms with Crippen molar-refractivity contribution in [2.45, 2.75) is 38.4 Å². The largest absolute Gasteiger partial charge is 0.450 e. The number of likely N-dealkylation sites (tertiary alicyclic amines) is 1. The van der Waals surface area contributed by atoms with Crippen LogP contribution in [0, 0.1) is 5.92 Å². The highest BCUT2D eigenvalue weighted by molar-refractivity contribution is 7.89. The van der Waals surface area contributed by atoms with Crippen molar-refractivity contribution < 1.29 is 22.7 Å². The number of carbonyl (C=O) groups is 1. The van der Waals surface area contributed by atoms with Gasteiger partial charge >= 0.3 is 6.09 Å². The molecule has 0 spiro atoms.